The molecule has 1 N–H and O–H groups in total. The van der Waals surface area contributed by atoms with Crippen LogP contribution in [-0.2, 0) is 0 Å². The van der Waals surface area contributed by atoms with Crippen LogP contribution in [-0.4, -0.2) is 13.7 Å². The van der Waals surface area contributed by atoms with E-state index in [2.05, 4.69) is 19.2 Å². The van der Waals surface area contributed by atoms with Crippen molar-refractivity contribution >= 4 is 11.6 Å². The van der Waals surface area contributed by atoms with Crippen molar-refractivity contribution in [1.29, 1.82) is 0 Å². The zero-order chi connectivity index (χ0) is 15.2. The lowest BCUT2D eigenvalue weighted by atomic mass is 10.1. The number of hydrogen-bond acceptors (Lipinski definition) is 3. The zero-order valence-corrected chi connectivity index (χ0v) is 13.3. The molecule has 1 unspecified atom stereocenters. The predicted octanol–water partition coefficient (Wildman–Crippen LogP) is 4.81. The van der Waals surface area contributed by atoms with E-state index in [0.717, 1.165) is 17.9 Å². The SMILES string of the molecule is CCNC(C)c1ccc(Oc2cccc(OC)c2)c(Cl)c1. The van der Waals surface area contributed by atoms with Crippen LogP contribution in [0.15, 0.2) is 42.5 Å². The van der Waals surface area contributed by atoms with Gasteiger partial charge in [0, 0.05) is 12.1 Å². The van der Waals surface area contributed by atoms with E-state index in [1.165, 1.54) is 0 Å². The third kappa shape index (κ3) is 4.13. The second-order valence-electron chi connectivity index (χ2n) is 4.75. The molecule has 21 heavy (non-hydrogen) atoms. The van der Waals surface area contributed by atoms with Gasteiger partial charge in [0.15, 0.2) is 0 Å². The Hall–Kier alpha value is -1.71. The largest absolute Gasteiger partial charge is 0.497 e. The number of nitrogens with one attached hydrogen (secondary N) is 1. The molecule has 0 heterocycles. The van der Waals surface area contributed by atoms with Crippen LogP contribution in [0.25, 0.3) is 0 Å². The topological polar surface area (TPSA) is 30.5 Å². The molecule has 0 bridgehead atoms. The molecule has 2 aromatic carbocycles. The molecular formula is C17H20ClNO2. The minimum atomic E-state index is 0.262. The Balaban J connectivity index is 2.17. The number of halogens is 1. The van der Waals surface area contributed by atoms with Crippen molar-refractivity contribution in [1.82, 2.24) is 5.32 Å². The molecule has 0 aliphatic rings. The van der Waals surface area contributed by atoms with Gasteiger partial charge in [-0.1, -0.05) is 30.7 Å². The first-order chi connectivity index (χ1) is 10.1. The highest BCUT2D eigenvalue weighted by Crippen LogP contribution is 2.32. The van der Waals surface area contributed by atoms with Crippen LogP contribution in [0.3, 0.4) is 0 Å². The summed E-state index contributed by atoms with van der Waals surface area (Å²) >= 11 is 6.31. The molecule has 0 fully saturated rings. The van der Waals surface area contributed by atoms with Gasteiger partial charge in [-0.2, -0.15) is 0 Å². The third-order valence-corrected chi connectivity index (χ3v) is 3.53. The van der Waals surface area contributed by atoms with Crippen LogP contribution in [0.4, 0.5) is 0 Å². The maximum atomic E-state index is 6.31. The molecule has 4 heteroatoms. The second kappa shape index (κ2) is 7.34. The monoisotopic (exact) mass is 305 g/mol. The highest BCUT2D eigenvalue weighted by molar-refractivity contribution is 6.32. The van der Waals surface area contributed by atoms with Crippen molar-refractivity contribution in [3.63, 3.8) is 0 Å². The summed E-state index contributed by atoms with van der Waals surface area (Å²) in [5, 5.41) is 3.95. The Morgan fingerprint density at radius 2 is 1.90 bits per heavy atom. The molecule has 0 aliphatic heterocycles. The van der Waals surface area contributed by atoms with Crippen LogP contribution < -0.4 is 14.8 Å². The third-order valence-electron chi connectivity index (χ3n) is 3.24. The fourth-order valence-electron chi connectivity index (χ4n) is 2.08. The van der Waals surface area contributed by atoms with Crippen molar-refractivity contribution in [2.24, 2.45) is 0 Å². The van der Waals surface area contributed by atoms with Gasteiger partial charge in [-0.15, -0.1) is 0 Å². The maximum absolute atomic E-state index is 6.31. The first-order valence-electron chi connectivity index (χ1n) is 6.98. The van der Waals surface area contributed by atoms with Crippen molar-refractivity contribution in [3.8, 4) is 17.2 Å². The lowest BCUT2D eigenvalue weighted by Gasteiger charge is -2.15. The number of methoxy groups -OCH3 is 1. The van der Waals surface area contributed by atoms with Crippen LogP contribution in [0.2, 0.25) is 5.02 Å². The van der Waals surface area contributed by atoms with Crippen LogP contribution in [0.5, 0.6) is 17.2 Å². The van der Waals surface area contributed by atoms with E-state index in [-0.39, 0.29) is 6.04 Å². The fourth-order valence-corrected chi connectivity index (χ4v) is 2.31. The fraction of sp³-hybridized carbons (Fsp3) is 0.294. The smallest absolute Gasteiger partial charge is 0.146 e. The number of rotatable bonds is 6. The minimum absolute atomic E-state index is 0.262. The quantitative estimate of drug-likeness (QED) is 0.830. The molecule has 3 nitrogen and oxygen atoms in total. The summed E-state index contributed by atoms with van der Waals surface area (Å²) in [4.78, 5) is 0. The van der Waals surface area contributed by atoms with Gasteiger partial charge in [0.1, 0.15) is 17.2 Å². The van der Waals surface area contributed by atoms with Gasteiger partial charge in [-0.3, -0.25) is 0 Å². The lowest BCUT2D eigenvalue weighted by Crippen LogP contribution is -2.17. The van der Waals surface area contributed by atoms with Gasteiger partial charge in [-0.05, 0) is 43.3 Å². The van der Waals surface area contributed by atoms with Crippen molar-refractivity contribution in [3.05, 3.63) is 53.1 Å². The summed E-state index contributed by atoms with van der Waals surface area (Å²) in [5.41, 5.74) is 1.14. The highest BCUT2D eigenvalue weighted by atomic mass is 35.5. The molecule has 0 radical (unpaired) electrons. The van der Waals surface area contributed by atoms with Gasteiger partial charge in [-0.25, -0.2) is 0 Å². The van der Waals surface area contributed by atoms with E-state index in [1.807, 2.05) is 42.5 Å². The lowest BCUT2D eigenvalue weighted by molar-refractivity contribution is 0.409. The van der Waals surface area contributed by atoms with E-state index in [9.17, 15) is 0 Å². The zero-order valence-electron chi connectivity index (χ0n) is 12.5. The summed E-state index contributed by atoms with van der Waals surface area (Å²) in [6.07, 6.45) is 0. The number of ether oxygens (including phenoxy) is 2. The van der Waals surface area contributed by atoms with E-state index < -0.39 is 0 Å². The summed E-state index contributed by atoms with van der Waals surface area (Å²) < 4.78 is 11.0. The first-order valence-corrected chi connectivity index (χ1v) is 7.36. The summed E-state index contributed by atoms with van der Waals surface area (Å²) in [7, 11) is 1.63. The van der Waals surface area contributed by atoms with Gasteiger partial charge in [0.05, 0.1) is 12.1 Å². The van der Waals surface area contributed by atoms with Crippen molar-refractivity contribution < 1.29 is 9.47 Å². The van der Waals surface area contributed by atoms with E-state index in [4.69, 9.17) is 21.1 Å². The average molecular weight is 306 g/mol. The molecule has 0 spiro atoms. The van der Waals surface area contributed by atoms with Crippen LogP contribution in [0.1, 0.15) is 25.5 Å². The van der Waals surface area contributed by atoms with Gasteiger partial charge in [0.25, 0.3) is 0 Å². The normalized spacial score (nSPS) is 12.0. The summed E-state index contributed by atoms with van der Waals surface area (Å²) in [6, 6.07) is 13.6. The van der Waals surface area contributed by atoms with E-state index in [1.54, 1.807) is 7.11 Å². The molecule has 0 amide bonds. The second-order valence-corrected chi connectivity index (χ2v) is 5.16. The molecule has 0 saturated heterocycles. The highest BCUT2D eigenvalue weighted by Gasteiger charge is 2.09. The molecule has 2 rings (SSSR count). The molecule has 1 atom stereocenters. The summed E-state index contributed by atoms with van der Waals surface area (Å²) in [6.45, 7) is 5.11. The van der Waals surface area contributed by atoms with Crippen molar-refractivity contribution in [2.45, 2.75) is 19.9 Å². The average Bonchev–Trinajstić information content (AvgIpc) is 2.49. The van der Waals surface area contributed by atoms with Crippen molar-refractivity contribution in [2.75, 3.05) is 13.7 Å². The van der Waals surface area contributed by atoms with Crippen LogP contribution >= 0.6 is 11.6 Å². The van der Waals surface area contributed by atoms with Gasteiger partial charge < -0.3 is 14.8 Å². The number of benzene rings is 2. The molecule has 0 saturated carbocycles. The Morgan fingerprint density at radius 1 is 1.14 bits per heavy atom. The predicted molar refractivity (Wildman–Crippen MR) is 86.6 cm³/mol. The van der Waals surface area contributed by atoms with E-state index in [0.29, 0.717) is 16.5 Å². The van der Waals surface area contributed by atoms with Gasteiger partial charge in [0.2, 0.25) is 0 Å². The Kier molecular flexibility index (Phi) is 5.48. The van der Waals surface area contributed by atoms with E-state index >= 15 is 0 Å². The number of hydrogen-bond donors (Lipinski definition) is 1. The first kappa shape index (κ1) is 15.7. The van der Waals surface area contributed by atoms with Gasteiger partial charge >= 0.3 is 0 Å². The summed E-state index contributed by atoms with van der Waals surface area (Å²) in [5.74, 6) is 2.09. The molecular weight excluding hydrogens is 286 g/mol. The minimum Gasteiger partial charge on any atom is -0.497 e. The Labute approximate surface area is 130 Å². The molecule has 112 valence electrons. The molecule has 2 aromatic rings. The molecule has 0 aliphatic carbocycles. The maximum Gasteiger partial charge on any atom is 0.146 e. The van der Waals surface area contributed by atoms with Crippen LogP contribution in [0, 0.1) is 0 Å². The Bertz CT molecular complexity index is 601. The molecule has 0 aromatic heterocycles. The standard InChI is InChI=1S/C17H20ClNO2/c1-4-19-12(2)13-8-9-17(16(18)10-13)21-15-7-5-6-14(11-15)20-3/h5-12,19H,4H2,1-3H3. The Morgan fingerprint density at radius 3 is 2.57 bits per heavy atom.